The molecule has 1 N–H and O–H groups in total. The Morgan fingerprint density at radius 3 is 2.59 bits per heavy atom. The van der Waals surface area contributed by atoms with E-state index in [-0.39, 0.29) is 24.1 Å². The number of halogens is 1. The van der Waals surface area contributed by atoms with Gasteiger partial charge in [-0.05, 0) is 69.2 Å². The Bertz CT molecular complexity index is 816. The van der Waals surface area contributed by atoms with Crippen LogP contribution < -0.4 is 5.32 Å². The number of ether oxygens (including phenoxy) is 1. The van der Waals surface area contributed by atoms with Crippen molar-refractivity contribution >= 4 is 34.3 Å². The van der Waals surface area contributed by atoms with Crippen LogP contribution >= 0.6 is 15.9 Å². The second kappa shape index (κ2) is 6.33. The molecule has 0 radical (unpaired) electrons. The highest BCUT2D eigenvalue weighted by molar-refractivity contribution is 9.10. The molecule has 7 heteroatoms. The van der Waals surface area contributed by atoms with Crippen LogP contribution in [-0.2, 0) is 26.3 Å². The van der Waals surface area contributed by atoms with Crippen LogP contribution in [0.15, 0.2) is 22.7 Å². The molecular formula is C20H23BrN2O4. The number of nitrogens with zero attached hydrogens (tertiary/aromatic N) is 1. The normalized spacial score (nSPS) is 32.3. The summed E-state index contributed by atoms with van der Waals surface area (Å²) in [6.07, 6.45) is 3.45. The summed E-state index contributed by atoms with van der Waals surface area (Å²) >= 11 is 3.52. The van der Waals surface area contributed by atoms with E-state index in [9.17, 15) is 14.4 Å². The maximum atomic E-state index is 13.7. The highest BCUT2D eigenvalue weighted by Gasteiger charge is 2.68. The molecule has 2 fully saturated rings. The number of imide groups is 1. The summed E-state index contributed by atoms with van der Waals surface area (Å²) in [6.45, 7) is 4.21. The first-order valence-electron chi connectivity index (χ1n) is 9.38. The fourth-order valence-electron chi connectivity index (χ4n) is 5.30. The van der Waals surface area contributed by atoms with Gasteiger partial charge in [0.1, 0.15) is 6.10 Å². The smallest absolute Gasteiger partial charge is 0.325 e. The zero-order valence-electron chi connectivity index (χ0n) is 15.5. The van der Waals surface area contributed by atoms with Crippen molar-refractivity contribution in [3.8, 4) is 0 Å². The van der Waals surface area contributed by atoms with Crippen LogP contribution in [0.3, 0.4) is 0 Å². The average molecular weight is 435 g/mol. The lowest BCUT2D eigenvalue weighted by atomic mass is 9.61. The summed E-state index contributed by atoms with van der Waals surface area (Å²) in [4.78, 5) is 38.5. The van der Waals surface area contributed by atoms with Crippen molar-refractivity contribution in [2.45, 2.75) is 63.6 Å². The van der Waals surface area contributed by atoms with E-state index in [1.807, 2.05) is 32.0 Å². The zero-order valence-corrected chi connectivity index (χ0v) is 17.0. The van der Waals surface area contributed by atoms with E-state index >= 15 is 0 Å². The molecule has 27 heavy (non-hydrogen) atoms. The van der Waals surface area contributed by atoms with Crippen molar-refractivity contribution in [1.82, 2.24) is 10.2 Å². The zero-order chi connectivity index (χ0) is 19.4. The minimum Gasteiger partial charge on any atom is -0.465 e. The average Bonchev–Trinajstić information content (AvgIpc) is 3.04. The maximum Gasteiger partial charge on any atom is 0.325 e. The first kappa shape index (κ1) is 18.5. The van der Waals surface area contributed by atoms with E-state index < -0.39 is 11.0 Å². The fraction of sp³-hybridized carbons (Fsp3) is 0.550. The maximum absolute atomic E-state index is 13.7. The molecule has 2 aliphatic carbocycles. The van der Waals surface area contributed by atoms with Gasteiger partial charge >= 0.3 is 6.03 Å². The Labute approximate surface area is 166 Å². The number of hydrogen-bond donors (Lipinski definition) is 1. The SMILES string of the molecule is CC(C)N1C(=O)NC2(C1=O)c1cc(Br)ccc1CC21CCC(OC=O)CC1. The van der Waals surface area contributed by atoms with E-state index in [0.29, 0.717) is 19.3 Å². The third kappa shape index (κ3) is 2.47. The second-order valence-electron chi connectivity index (χ2n) is 8.14. The highest BCUT2D eigenvalue weighted by Crippen LogP contribution is 2.60. The number of hydrogen-bond acceptors (Lipinski definition) is 4. The molecule has 1 aromatic rings. The summed E-state index contributed by atoms with van der Waals surface area (Å²) in [6, 6.07) is 5.46. The summed E-state index contributed by atoms with van der Waals surface area (Å²) in [5.74, 6) is -0.158. The van der Waals surface area contributed by atoms with Crippen LogP contribution in [-0.4, -0.2) is 35.5 Å². The lowest BCUT2D eigenvalue weighted by Gasteiger charge is -2.46. The van der Waals surface area contributed by atoms with Crippen molar-refractivity contribution in [1.29, 1.82) is 0 Å². The van der Waals surface area contributed by atoms with E-state index in [2.05, 4.69) is 21.2 Å². The van der Waals surface area contributed by atoms with Gasteiger partial charge in [0, 0.05) is 15.9 Å². The monoisotopic (exact) mass is 434 g/mol. The molecule has 1 atom stereocenters. The number of carbonyl (C=O) groups is 3. The predicted molar refractivity (Wildman–Crippen MR) is 102 cm³/mol. The number of nitrogens with one attached hydrogen (secondary N) is 1. The topological polar surface area (TPSA) is 75.7 Å². The first-order valence-corrected chi connectivity index (χ1v) is 10.2. The summed E-state index contributed by atoms with van der Waals surface area (Å²) in [5, 5.41) is 3.11. The molecule has 1 saturated carbocycles. The molecule has 3 aliphatic rings. The molecule has 4 rings (SSSR count). The van der Waals surface area contributed by atoms with E-state index in [1.165, 1.54) is 4.90 Å². The van der Waals surface area contributed by atoms with Crippen LogP contribution in [0.25, 0.3) is 0 Å². The van der Waals surface area contributed by atoms with Gasteiger partial charge in [-0.15, -0.1) is 0 Å². The van der Waals surface area contributed by atoms with Gasteiger partial charge in [-0.25, -0.2) is 4.79 Å². The van der Waals surface area contributed by atoms with Crippen molar-refractivity contribution in [3.05, 3.63) is 33.8 Å². The van der Waals surface area contributed by atoms with E-state index in [4.69, 9.17) is 4.74 Å². The van der Waals surface area contributed by atoms with Crippen LogP contribution in [0.2, 0.25) is 0 Å². The lowest BCUT2D eigenvalue weighted by molar-refractivity contribution is -0.144. The summed E-state index contributed by atoms with van der Waals surface area (Å²) in [5.41, 5.74) is 0.565. The molecule has 6 nitrogen and oxygen atoms in total. The van der Waals surface area contributed by atoms with Crippen LogP contribution in [0, 0.1) is 5.41 Å². The third-order valence-corrected chi connectivity index (χ3v) is 7.00. The standard InChI is InChI=1S/C20H23BrN2O4/c1-12(2)23-17(25)20(22-18(23)26)16-9-14(21)4-3-13(16)10-19(20)7-5-15(6-8-19)27-11-24/h3-4,9,11-12,15H,5-8,10H2,1-2H3,(H,22,26). The third-order valence-electron chi connectivity index (χ3n) is 6.51. The molecule has 1 saturated heterocycles. The van der Waals surface area contributed by atoms with E-state index in [0.717, 1.165) is 34.9 Å². The number of amides is 3. The molecule has 3 amide bonds. The molecule has 1 unspecified atom stereocenters. The Kier molecular flexibility index (Phi) is 4.33. The number of rotatable bonds is 3. The predicted octanol–water partition coefficient (Wildman–Crippen LogP) is 3.26. The minimum absolute atomic E-state index is 0.117. The van der Waals surface area contributed by atoms with Gasteiger partial charge < -0.3 is 10.1 Å². The summed E-state index contributed by atoms with van der Waals surface area (Å²) < 4.78 is 6.06. The Morgan fingerprint density at radius 2 is 2.00 bits per heavy atom. The molecule has 144 valence electrons. The number of fused-ring (bicyclic) bond motifs is 3. The Hall–Kier alpha value is -1.89. The van der Waals surface area contributed by atoms with Crippen LogP contribution in [0.4, 0.5) is 4.79 Å². The number of urea groups is 1. The van der Waals surface area contributed by atoms with Gasteiger partial charge in [0.05, 0.1) is 0 Å². The largest absolute Gasteiger partial charge is 0.465 e. The number of benzene rings is 1. The quantitative estimate of drug-likeness (QED) is 0.584. The van der Waals surface area contributed by atoms with Gasteiger partial charge in [-0.3, -0.25) is 14.5 Å². The van der Waals surface area contributed by atoms with Crippen molar-refractivity contribution in [3.63, 3.8) is 0 Å². The van der Waals surface area contributed by atoms with Crippen molar-refractivity contribution < 1.29 is 19.1 Å². The molecule has 1 aromatic carbocycles. The first-order chi connectivity index (χ1) is 12.8. The van der Waals surface area contributed by atoms with Gasteiger partial charge in [-0.2, -0.15) is 0 Å². The van der Waals surface area contributed by atoms with Crippen LogP contribution in [0.5, 0.6) is 0 Å². The van der Waals surface area contributed by atoms with Crippen molar-refractivity contribution in [2.75, 3.05) is 0 Å². The van der Waals surface area contributed by atoms with Crippen LogP contribution in [0.1, 0.15) is 50.7 Å². The minimum atomic E-state index is -1.04. The van der Waals surface area contributed by atoms with Gasteiger partial charge in [0.25, 0.3) is 12.4 Å². The van der Waals surface area contributed by atoms with Gasteiger partial charge in [-0.1, -0.05) is 22.0 Å². The Morgan fingerprint density at radius 1 is 1.30 bits per heavy atom. The summed E-state index contributed by atoms with van der Waals surface area (Å²) in [7, 11) is 0. The highest BCUT2D eigenvalue weighted by atomic mass is 79.9. The molecule has 2 spiro atoms. The molecule has 1 heterocycles. The van der Waals surface area contributed by atoms with Gasteiger partial charge in [0.2, 0.25) is 0 Å². The molecular weight excluding hydrogens is 412 g/mol. The second-order valence-corrected chi connectivity index (χ2v) is 9.05. The lowest BCUT2D eigenvalue weighted by Crippen LogP contribution is -2.57. The fourth-order valence-corrected chi connectivity index (χ4v) is 5.66. The molecule has 1 aliphatic heterocycles. The molecule has 0 aromatic heterocycles. The molecule has 0 bridgehead atoms. The Balaban J connectivity index is 1.83. The number of carbonyl (C=O) groups excluding carboxylic acids is 3. The van der Waals surface area contributed by atoms with Crippen molar-refractivity contribution in [2.24, 2.45) is 5.41 Å². The van der Waals surface area contributed by atoms with E-state index in [1.54, 1.807) is 0 Å². The van der Waals surface area contributed by atoms with Gasteiger partial charge in [0.15, 0.2) is 5.54 Å².